The van der Waals surface area contributed by atoms with E-state index in [1.165, 1.54) is 11.4 Å². The lowest BCUT2D eigenvalue weighted by Crippen LogP contribution is -2.48. The summed E-state index contributed by atoms with van der Waals surface area (Å²) in [4.78, 5) is 13.7. The number of hydrogen-bond acceptors (Lipinski definition) is 7. The fourth-order valence-electron chi connectivity index (χ4n) is 5.34. The van der Waals surface area contributed by atoms with Gasteiger partial charge in [-0.3, -0.25) is 9.10 Å². The van der Waals surface area contributed by atoms with Crippen LogP contribution in [0.2, 0.25) is 0 Å². The van der Waals surface area contributed by atoms with Crippen LogP contribution in [0.15, 0.2) is 59.3 Å². The number of sulfonamides is 1. The topological polar surface area (TPSA) is 130 Å². The van der Waals surface area contributed by atoms with Crippen molar-refractivity contribution in [2.24, 2.45) is 0 Å². The molecule has 0 saturated heterocycles. The van der Waals surface area contributed by atoms with Crippen LogP contribution in [0.5, 0.6) is 0 Å². The molecule has 3 heterocycles. The average Bonchev–Trinajstić information content (AvgIpc) is 3.57. The molecule has 0 unspecified atom stereocenters. The summed E-state index contributed by atoms with van der Waals surface area (Å²) in [6.07, 6.45) is 2.68. The van der Waals surface area contributed by atoms with Crippen LogP contribution in [0.3, 0.4) is 0 Å². The van der Waals surface area contributed by atoms with Gasteiger partial charge in [-0.2, -0.15) is 0 Å². The van der Waals surface area contributed by atoms with Crippen molar-refractivity contribution in [3.8, 4) is 0 Å². The highest BCUT2D eigenvalue weighted by Crippen LogP contribution is 2.37. The molecule has 2 aromatic carbocycles. The Labute approximate surface area is 240 Å². The molecule has 0 aliphatic carbocycles. The molecule has 0 saturated carbocycles. The molecule has 1 aliphatic rings. The van der Waals surface area contributed by atoms with Crippen molar-refractivity contribution in [2.45, 2.75) is 58.3 Å². The minimum Gasteiger partial charge on any atom is -0.390 e. The van der Waals surface area contributed by atoms with Crippen molar-refractivity contribution >= 4 is 32.5 Å². The van der Waals surface area contributed by atoms with Crippen molar-refractivity contribution in [1.29, 1.82) is 0 Å². The normalized spacial score (nSPS) is 16.0. The third-order valence-electron chi connectivity index (χ3n) is 7.73. The highest BCUT2D eigenvalue weighted by atomic mass is 32.2. The number of nitrogens with one attached hydrogen (secondary N) is 2. The van der Waals surface area contributed by atoms with E-state index in [0.717, 1.165) is 34.1 Å². The monoisotopic (exact) mass is 579 g/mol. The second-order valence-corrected chi connectivity index (χ2v) is 12.6. The fraction of sp³-hybridized carbons (Fsp3) is 0.400. The van der Waals surface area contributed by atoms with Crippen molar-refractivity contribution in [1.82, 2.24) is 20.4 Å². The van der Waals surface area contributed by atoms with Crippen LogP contribution in [0.25, 0.3) is 10.9 Å². The van der Waals surface area contributed by atoms with E-state index in [1.807, 2.05) is 67.1 Å². The zero-order valence-electron chi connectivity index (χ0n) is 23.6. The average molecular weight is 580 g/mol. The van der Waals surface area contributed by atoms with Crippen LogP contribution < -0.4 is 14.9 Å². The SMILES string of the molecule is CCc1cc(CNC[C@@H](O)[C@H](Cc2ccccc2)NC(=O)c2cc3c4c(cn(CC)c4c2)CCS(=O)(=O)N3C)on1. The summed E-state index contributed by atoms with van der Waals surface area (Å²) in [5.41, 5.74) is 4.43. The lowest BCUT2D eigenvalue weighted by atomic mass is 10.00. The number of nitrogens with zero attached hydrogens (tertiary/aromatic N) is 3. The molecule has 4 aromatic rings. The fourth-order valence-corrected chi connectivity index (χ4v) is 6.54. The number of aryl methyl sites for hydroxylation is 3. The Bertz CT molecular complexity index is 1630. The van der Waals surface area contributed by atoms with Gasteiger partial charge >= 0.3 is 0 Å². The molecule has 1 amide bonds. The number of hydrogen-bond donors (Lipinski definition) is 3. The summed E-state index contributed by atoms with van der Waals surface area (Å²) in [5.74, 6) is 0.300. The third-order valence-corrected chi connectivity index (χ3v) is 9.48. The number of aliphatic hydroxyl groups is 1. The summed E-state index contributed by atoms with van der Waals surface area (Å²) in [6.45, 7) is 5.31. The Morgan fingerprint density at radius 2 is 1.95 bits per heavy atom. The Morgan fingerprint density at radius 3 is 2.66 bits per heavy atom. The van der Waals surface area contributed by atoms with Crippen molar-refractivity contribution in [2.75, 3.05) is 23.7 Å². The van der Waals surface area contributed by atoms with Crippen LogP contribution in [-0.4, -0.2) is 60.6 Å². The molecule has 1 aliphatic heterocycles. The van der Waals surface area contributed by atoms with Gasteiger partial charge in [-0.15, -0.1) is 0 Å². The first-order valence-corrected chi connectivity index (χ1v) is 15.6. The number of anilines is 1. The van der Waals surface area contributed by atoms with E-state index in [4.69, 9.17) is 4.52 Å². The molecule has 11 heteroatoms. The van der Waals surface area contributed by atoms with Gasteiger partial charge in [-0.05, 0) is 49.4 Å². The van der Waals surface area contributed by atoms with Crippen LogP contribution in [-0.2, 0) is 42.4 Å². The maximum atomic E-state index is 13.7. The van der Waals surface area contributed by atoms with Crippen LogP contribution >= 0.6 is 0 Å². The number of rotatable bonds is 11. The van der Waals surface area contributed by atoms with Gasteiger partial charge in [0.15, 0.2) is 5.76 Å². The van der Waals surface area contributed by atoms with E-state index in [-0.39, 0.29) is 18.2 Å². The molecule has 10 nitrogen and oxygen atoms in total. The predicted molar refractivity (Wildman–Crippen MR) is 159 cm³/mol. The van der Waals surface area contributed by atoms with E-state index in [2.05, 4.69) is 15.8 Å². The van der Waals surface area contributed by atoms with Gasteiger partial charge in [0, 0.05) is 43.4 Å². The largest absolute Gasteiger partial charge is 0.390 e. The summed E-state index contributed by atoms with van der Waals surface area (Å²) in [7, 11) is -1.99. The number of benzene rings is 2. The molecule has 2 aromatic heterocycles. The van der Waals surface area contributed by atoms with Gasteiger partial charge in [0.25, 0.3) is 5.91 Å². The van der Waals surface area contributed by atoms with E-state index in [0.29, 0.717) is 42.9 Å². The van der Waals surface area contributed by atoms with Gasteiger partial charge in [-0.1, -0.05) is 42.4 Å². The lowest BCUT2D eigenvalue weighted by molar-refractivity contribution is 0.0828. The van der Waals surface area contributed by atoms with Gasteiger partial charge in [0.1, 0.15) is 0 Å². The van der Waals surface area contributed by atoms with E-state index in [9.17, 15) is 18.3 Å². The predicted octanol–water partition coefficient (Wildman–Crippen LogP) is 3.03. The molecule has 218 valence electrons. The zero-order valence-corrected chi connectivity index (χ0v) is 24.4. The maximum absolute atomic E-state index is 13.7. The molecule has 0 radical (unpaired) electrons. The Kier molecular flexibility index (Phi) is 8.48. The zero-order chi connectivity index (χ0) is 29.1. The molecular weight excluding hydrogens is 542 g/mol. The van der Waals surface area contributed by atoms with Gasteiger partial charge in [0.2, 0.25) is 10.0 Å². The van der Waals surface area contributed by atoms with Gasteiger partial charge in [-0.25, -0.2) is 8.42 Å². The standard InChI is InChI=1S/C30H37N5O5S/c1-4-23-16-24(40-33-23)17-31-18-28(36)25(13-20-9-7-6-8-10-20)32-30(37)22-14-26-29-21(11-12-41(38,39)34(26)3)19-35(5-2)27(29)15-22/h6-10,14-16,19,25,28,31,36H,4-5,11-13,17-18H2,1-3H3,(H,32,37)/t25-,28+/m0/s1. The smallest absolute Gasteiger partial charge is 0.251 e. The van der Waals surface area contributed by atoms with E-state index >= 15 is 0 Å². The number of carbonyl (C=O) groups excluding carboxylic acids is 1. The Hall–Kier alpha value is -3.67. The van der Waals surface area contributed by atoms with Crippen LogP contribution in [0, 0.1) is 0 Å². The molecule has 0 spiro atoms. The number of aliphatic hydroxyl groups excluding tert-OH is 1. The Morgan fingerprint density at radius 1 is 1.17 bits per heavy atom. The molecule has 5 rings (SSSR count). The van der Waals surface area contributed by atoms with Crippen molar-refractivity contribution in [3.63, 3.8) is 0 Å². The van der Waals surface area contributed by atoms with Crippen LogP contribution in [0.4, 0.5) is 5.69 Å². The minimum absolute atomic E-state index is 0.00864. The second-order valence-electron chi connectivity index (χ2n) is 10.5. The number of carbonyl (C=O) groups is 1. The first-order valence-electron chi connectivity index (χ1n) is 14.0. The van der Waals surface area contributed by atoms with Crippen molar-refractivity contribution < 1.29 is 22.8 Å². The lowest BCUT2D eigenvalue weighted by Gasteiger charge is -2.25. The quantitative estimate of drug-likeness (QED) is 0.249. The molecule has 3 N–H and O–H groups in total. The highest BCUT2D eigenvalue weighted by Gasteiger charge is 2.29. The van der Waals surface area contributed by atoms with E-state index in [1.54, 1.807) is 6.07 Å². The molecular formula is C30H37N5O5S. The number of aromatic nitrogens is 2. The summed E-state index contributed by atoms with van der Waals surface area (Å²) >= 11 is 0. The number of amides is 1. The van der Waals surface area contributed by atoms with Gasteiger partial charge < -0.3 is 24.8 Å². The molecule has 2 atom stereocenters. The maximum Gasteiger partial charge on any atom is 0.251 e. The first-order chi connectivity index (χ1) is 19.7. The molecule has 41 heavy (non-hydrogen) atoms. The highest BCUT2D eigenvalue weighted by molar-refractivity contribution is 7.92. The third kappa shape index (κ3) is 6.17. The second kappa shape index (κ2) is 12.1. The summed E-state index contributed by atoms with van der Waals surface area (Å²) in [5, 5.41) is 22.3. The van der Waals surface area contributed by atoms with Crippen LogP contribution in [0.1, 0.15) is 46.8 Å². The van der Waals surface area contributed by atoms with Gasteiger partial charge in [0.05, 0.1) is 41.3 Å². The van der Waals surface area contributed by atoms with Crippen molar-refractivity contribution in [3.05, 3.63) is 82.9 Å². The molecule has 0 bridgehead atoms. The Balaban J connectivity index is 1.41. The minimum atomic E-state index is -3.52. The summed E-state index contributed by atoms with van der Waals surface area (Å²) < 4.78 is 34.5. The molecule has 0 fully saturated rings. The first kappa shape index (κ1) is 28.8. The van der Waals surface area contributed by atoms with E-state index < -0.39 is 22.2 Å². The summed E-state index contributed by atoms with van der Waals surface area (Å²) in [6, 6.07) is 14.4.